The normalized spacial score (nSPS) is 18.3. The van der Waals surface area contributed by atoms with Gasteiger partial charge in [0.15, 0.2) is 5.11 Å². The molecule has 1 fully saturated rings. The van der Waals surface area contributed by atoms with Crippen molar-refractivity contribution in [3.8, 4) is 17.1 Å². The minimum atomic E-state index is -0.0874. The number of nitrogens with zero attached hydrogens (tertiary/aromatic N) is 2. The Kier molecular flexibility index (Phi) is 6.84. The molecule has 0 aliphatic carbocycles. The molecule has 1 saturated heterocycles. The average Bonchev–Trinajstić information content (AvgIpc) is 3.40. The molecule has 1 N–H and O–H groups in total. The van der Waals surface area contributed by atoms with Gasteiger partial charge in [-0.25, -0.2) is 0 Å². The Morgan fingerprint density at radius 3 is 2.68 bits per heavy atom. The van der Waals surface area contributed by atoms with Crippen molar-refractivity contribution in [2.45, 2.75) is 25.4 Å². The largest absolute Gasteiger partial charge is 0.494 e. The summed E-state index contributed by atoms with van der Waals surface area (Å²) in [7, 11) is 1.71. The van der Waals surface area contributed by atoms with Crippen molar-refractivity contribution < 1.29 is 13.9 Å². The zero-order valence-corrected chi connectivity index (χ0v) is 18.6. The maximum atomic E-state index is 6.35. The summed E-state index contributed by atoms with van der Waals surface area (Å²) >= 11 is 5.67. The van der Waals surface area contributed by atoms with Gasteiger partial charge < -0.3 is 24.1 Å². The second-order valence-corrected chi connectivity index (χ2v) is 7.71. The molecule has 1 aromatic carbocycles. The average molecular weight is 438 g/mol. The number of rotatable bonds is 9. The third kappa shape index (κ3) is 4.73. The molecule has 0 amide bonds. The van der Waals surface area contributed by atoms with Crippen LogP contribution in [0.3, 0.4) is 0 Å². The van der Waals surface area contributed by atoms with Crippen LogP contribution in [-0.4, -0.2) is 41.9 Å². The van der Waals surface area contributed by atoms with Crippen LogP contribution in [0.15, 0.2) is 65.2 Å². The molecule has 2 aromatic heterocycles. The maximum absolute atomic E-state index is 6.35. The van der Waals surface area contributed by atoms with Gasteiger partial charge in [0.05, 0.1) is 18.3 Å². The fraction of sp³-hybridized carbons (Fsp3) is 0.333. The Balaban J connectivity index is 1.63. The van der Waals surface area contributed by atoms with Crippen LogP contribution in [-0.2, 0) is 4.74 Å². The van der Waals surface area contributed by atoms with Crippen molar-refractivity contribution in [1.29, 1.82) is 0 Å². The van der Waals surface area contributed by atoms with E-state index in [0.29, 0.717) is 18.3 Å². The second kappa shape index (κ2) is 9.94. The summed E-state index contributed by atoms with van der Waals surface area (Å²) in [6, 6.07) is 17.7. The summed E-state index contributed by atoms with van der Waals surface area (Å²) in [6.45, 7) is 4.07. The smallest absolute Gasteiger partial charge is 0.170 e. The van der Waals surface area contributed by atoms with Gasteiger partial charge >= 0.3 is 0 Å². The Morgan fingerprint density at radius 2 is 1.97 bits per heavy atom. The van der Waals surface area contributed by atoms with Crippen LogP contribution in [0.5, 0.6) is 5.75 Å². The number of hydrogen-bond acceptors (Lipinski definition) is 5. The minimum Gasteiger partial charge on any atom is -0.494 e. The van der Waals surface area contributed by atoms with Crippen molar-refractivity contribution in [3.63, 3.8) is 0 Å². The Bertz CT molecular complexity index is 991. The van der Waals surface area contributed by atoms with Crippen molar-refractivity contribution in [2.24, 2.45) is 0 Å². The first kappa shape index (κ1) is 21.3. The van der Waals surface area contributed by atoms with Crippen LogP contribution >= 0.6 is 12.2 Å². The van der Waals surface area contributed by atoms with E-state index in [0.717, 1.165) is 41.5 Å². The van der Waals surface area contributed by atoms with Crippen LogP contribution in [0, 0.1) is 0 Å². The molecule has 0 unspecified atom stereocenters. The number of benzene rings is 1. The van der Waals surface area contributed by atoms with E-state index in [2.05, 4.69) is 15.2 Å². The molecule has 7 heteroatoms. The number of hydrogen-bond donors (Lipinski definition) is 1. The van der Waals surface area contributed by atoms with E-state index in [1.807, 2.05) is 61.5 Å². The molecule has 0 spiro atoms. The lowest BCUT2D eigenvalue weighted by molar-refractivity contribution is 0.177. The number of thiocarbonyl (C=S) groups is 1. The van der Waals surface area contributed by atoms with E-state index in [1.54, 1.807) is 13.3 Å². The summed E-state index contributed by atoms with van der Waals surface area (Å²) in [6.07, 6.45) is 2.68. The lowest BCUT2D eigenvalue weighted by Crippen LogP contribution is -2.31. The zero-order valence-electron chi connectivity index (χ0n) is 17.8. The highest BCUT2D eigenvalue weighted by Gasteiger charge is 2.41. The van der Waals surface area contributed by atoms with Crippen LogP contribution in [0.1, 0.15) is 36.9 Å². The summed E-state index contributed by atoms with van der Waals surface area (Å²) < 4.78 is 17.1. The summed E-state index contributed by atoms with van der Waals surface area (Å²) in [5.74, 6) is 2.51. The first-order chi connectivity index (χ1) is 15.2. The Morgan fingerprint density at radius 1 is 1.13 bits per heavy atom. The quantitative estimate of drug-likeness (QED) is 0.383. The van der Waals surface area contributed by atoms with Gasteiger partial charge in [-0.15, -0.1) is 0 Å². The fourth-order valence-corrected chi connectivity index (χ4v) is 4.22. The molecule has 6 nitrogen and oxygen atoms in total. The van der Waals surface area contributed by atoms with Crippen LogP contribution in [0.25, 0.3) is 11.3 Å². The number of furan rings is 1. The van der Waals surface area contributed by atoms with E-state index in [-0.39, 0.29) is 12.1 Å². The molecule has 0 saturated carbocycles. The topological polar surface area (TPSA) is 59.8 Å². The first-order valence-corrected chi connectivity index (χ1v) is 10.9. The minimum absolute atomic E-state index is 0.0873. The van der Waals surface area contributed by atoms with Crippen molar-refractivity contribution in [1.82, 2.24) is 15.2 Å². The van der Waals surface area contributed by atoms with Gasteiger partial charge in [0, 0.05) is 32.0 Å². The van der Waals surface area contributed by atoms with Gasteiger partial charge in [0.25, 0.3) is 0 Å². The third-order valence-electron chi connectivity index (χ3n) is 5.31. The van der Waals surface area contributed by atoms with Gasteiger partial charge in [-0.05, 0) is 74.1 Å². The molecule has 1 aliphatic heterocycles. The predicted molar refractivity (Wildman–Crippen MR) is 124 cm³/mol. The monoisotopic (exact) mass is 437 g/mol. The highest BCUT2D eigenvalue weighted by molar-refractivity contribution is 7.80. The molecule has 2 atom stereocenters. The fourth-order valence-electron chi connectivity index (χ4n) is 3.88. The molecule has 4 rings (SSSR count). The van der Waals surface area contributed by atoms with Gasteiger partial charge in [0.1, 0.15) is 23.3 Å². The number of methoxy groups -OCH3 is 1. The second-order valence-electron chi connectivity index (χ2n) is 7.33. The maximum Gasteiger partial charge on any atom is 0.170 e. The van der Waals surface area contributed by atoms with E-state index in [1.165, 1.54) is 0 Å². The molecule has 0 bridgehead atoms. The standard InChI is InChI=1S/C24H27N3O3S/c1-3-29-18-10-8-17(9-11-18)20-12-13-21(30-20)23-22(19-7-4-5-14-25-19)26-24(31)27(23)15-6-16-28-2/h4-5,7-14,22-23H,3,6,15-16H2,1-2H3,(H,26,31)/t22-,23+/m1/s1. The van der Waals surface area contributed by atoms with Crippen molar-refractivity contribution >= 4 is 17.3 Å². The van der Waals surface area contributed by atoms with Gasteiger partial charge in [0.2, 0.25) is 0 Å². The number of nitrogens with one attached hydrogen (secondary N) is 1. The Hall–Kier alpha value is -2.90. The Labute approximate surface area is 188 Å². The summed E-state index contributed by atoms with van der Waals surface area (Å²) in [4.78, 5) is 6.74. The lowest BCUT2D eigenvalue weighted by Gasteiger charge is -2.25. The van der Waals surface area contributed by atoms with Crippen LogP contribution in [0.4, 0.5) is 0 Å². The number of ether oxygens (including phenoxy) is 2. The van der Waals surface area contributed by atoms with Crippen LogP contribution in [0.2, 0.25) is 0 Å². The van der Waals surface area contributed by atoms with Gasteiger partial charge in [-0.3, -0.25) is 4.98 Å². The number of aromatic nitrogens is 1. The zero-order chi connectivity index (χ0) is 21.6. The molecule has 31 heavy (non-hydrogen) atoms. The first-order valence-electron chi connectivity index (χ1n) is 10.5. The molecule has 162 valence electrons. The molecule has 0 radical (unpaired) electrons. The molecular formula is C24H27N3O3S. The van der Waals surface area contributed by atoms with Gasteiger partial charge in [-0.2, -0.15) is 0 Å². The summed E-state index contributed by atoms with van der Waals surface area (Å²) in [5.41, 5.74) is 1.94. The van der Waals surface area contributed by atoms with E-state index < -0.39 is 0 Å². The molecule has 3 aromatic rings. The van der Waals surface area contributed by atoms with Crippen LogP contribution < -0.4 is 10.1 Å². The highest BCUT2D eigenvalue weighted by Crippen LogP contribution is 2.40. The van der Waals surface area contributed by atoms with E-state index in [4.69, 9.17) is 26.1 Å². The molecule has 1 aliphatic rings. The van der Waals surface area contributed by atoms with Crippen molar-refractivity contribution in [2.75, 3.05) is 26.9 Å². The lowest BCUT2D eigenvalue weighted by atomic mass is 10.0. The number of pyridine rings is 1. The highest BCUT2D eigenvalue weighted by atomic mass is 32.1. The summed E-state index contributed by atoms with van der Waals surface area (Å²) in [5, 5.41) is 4.15. The third-order valence-corrected chi connectivity index (χ3v) is 5.67. The van der Waals surface area contributed by atoms with Gasteiger partial charge in [-0.1, -0.05) is 6.07 Å². The SMILES string of the molecule is CCOc1ccc(-c2ccc([C@H]3[C@@H](c4ccccn4)NC(=S)N3CCCOC)o2)cc1. The molecule has 3 heterocycles. The predicted octanol–water partition coefficient (Wildman–Crippen LogP) is 4.75. The van der Waals surface area contributed by atoms with Crippen molar-refractivity contribution in [3.05, 3.63) is 72.2 Å². The van der Waals surface area contributed by atoms with E-state index >= 15 is 0 Å². The van der Waals surface area contributed by atoms with E-state index in [9.17, 15) is 0 Å². The molecular weight excluding hydrogens is 410 g/mol.